The molecule has 23 heavy (non-hydrogen) atoms. The lowest BCUT2D eigenvalue weighted by molar-refractivity contribution is -0.127. The minimum absolute atomic E-state index is 0.105. The summed E-state index contributed by atoms with van der Waals surface area (Å²) in [6.07, 6.45) is 7.13. The highest BCUT2D eigenvalue weighted by Gasteiger charge is 2.25. The Morgan fingerprint density at radius 3 is 2.83 bits per heavy atom. The third-order valence-electron chi connectivity index (χ3n) is 4.36. The van der Waals surface area contributed by atoms with Gasteiger partial charge in [0.05, 0.1) is 10.6 Å². The van der Waals surface area contributed by atoms with Gasteiger partial charge in [-0.15, -0.1) is 0 Å². The predicted octanol–water partition coefficient (Wildman–Crippen LogP) is 4.06. The van der Waals surface area contributed by atoms with Gasteiger partial charge >= 0.3 is 0 Å². The molecule has 2 amide bonds. The summed E-state index contributed by atoms with van der Waals surface area (Å²) < 4.78 is 0. The molecule has 0 aromatic heterocycles. The van der Waals surface area contributed by atoms with Crippen molar-refractivity contribution in [3.63, 3.8) is 0 Å². The molecule has 1 aliphatic heterocycles. The molecule has 1 aromatic carbocycles. The van der Waals surface area contributed by atoms with E-state index in [0.717, 1.165) is 17.7 Å². The second-order valence-electron chi connectivity index (χ2n) is 5.95. The van der Waals surface area contributed by atoms with Gasteiger partial charge in [0, 0.05) is 29.1 Å². The second kappa shape index (κ2) is 6.97. The number of fused-ring (bicyclic) bond motifs is 1. The summed E-state index contributed by atoms with van der Waals surface area (Å²) in [5, 5.41) is 3.37. The fraction of sp³-hybridized carbons (Fsp3) is 0.412. The Hall–Kier alpha value is -1.46. The number of hydrogen-bond acceptors (Lipinski definition) is 3. The fourth-order valence-electron chi connectivity index (χ4n) is 2.99. The van der Waals surface area contributed by atoms with Crippen molar-refractivity contribution in [3.8, 4) is 0 Å². The molecule has 0 unspecified atom stereocenters. The van der Waals surface area contributed by atoms with Gasteiger partial charge in [0.1, 0.15) is 0 Å². The number of carbonyl (C=O) groups excluding carboxylic acids is 2. The van der Waals surface area contributed by atoms with E-state index in [9.17, 15) is 9.59 Å². The molecule has 1 heterocycles. The van der Waals surface area contributed by atoms with Crippen LogP contribution in [0.3, 0.4) is 0 Å². The van der Waals surface area contributed by atoms with Crippen LogP contribution in [0.2, 0.25) is 5.02 Å². The van der Waals surface area contributed by atoms with Crippen LogP contribution in [0.5, 0.6) is 0 Å². The molecule has 6 heteroatoms. The number of halogens is 1. The molecule has 0 saturated heterocycles. The van der Waals surface area contributed by atoms with Gasteiger partial charge in [-0.25, -0.2) is 0 Å². The van der Waals surface area contributed by atoms with Crippen LogP contribution in [0.1, 0.15) is 32.1 Å². The van der Waals surface area contributed by atoms with Crippen molar-refractivity contribution in [1.82, 2.24) is 4.90 Å². The van der Waals surface area contributed by atoms with Crippen molar-refractivity contribution in [2.45, 2.75) is 43.0 Å². The number of benzene rings is 1. The quantitative estimate of drug-likeness (QED) is 0.818. The summed E-state index contributed by atoms with van der Waals surface area (Å²) in [5.41, 5.74) is 0.692. The van der Waals surface area contributed by atoms with Crippen LogP contribution in [0.25, 0.3) is 0 Å². The van der Waals surface area contributed by atoms with E-state index in [1.807, 2.05) is 13.1 Å². The van der Waals surface area contributed by atoms with E-state index < -0.39 is 0 Å². The SMILES string of the molecule is CN(C(=O)/C=C1\Sc2ccc(Cl)cc2NC1=O)C1CCCCC1. The molecule has 1 saturated carbocycles. The van der Waals surface area contributed by atoms with E-state index in [-0.39, 0.29) is 17.9 Å². The number of anilines is 1. The zero-order valence-electron chi connectivity index (χ0n) is 13.0. The van der Waals surface area contributed by atoms with Gasteiger partial charge in [-0.3, -0.25) is 9.59 Å². The number of carbonyl (C=O) groups is 2. The zero-order chi connectivity index (χ0) is 16.4. The number of thioether (sulfide) groups is 1. The summed E-state index contributed by atoms with van der Waals surface area (Å²) in [6, 6.07) is 5.63. The average molecular weight is 351 g/mol. The Morgan fingerprint density at radius 1 is 1.35 bits per heavy atom. The largest absolute Gasteiger partial charge is 0.339 e. The van der Waals surface area contributed by atoms with Crippen LogP contribution < -0.4 is 5.32 Å². The normalized spacial score (nSPS) is 20.1. The lowest BCUT2D eigenvalue weighted by atomic mass is 9.94. The van der Waals surface area contributed by atoms with E-state index in [0.29, 0.717) is 15.6 Å². The van der Waals surface area contributed by atoms with E-state index in [1.165, 1.54) is 37.1 Å². The van der Waals surface area contributed by atoms with E-state index in [2.05, 4.69) is 5.32 Å². The predicted molar refractivity (Wildman–Crippen MR) is 93.7 cm³/mol. The molecule has 1 fully saturated rings. The van der Waals surface area contributed by atoms with Crippen LogP contribution in [0, 0.1) is 0 Å². The lowest BCUT2D eigenvalue weighted by Crippen LogP contribution is -2.37. The maximum Gasteiger partial charge on any atom is 0.262 e. The minimum atomic E-state index is -0.254. The molecular weight excluding hydrogens is 332 g/mol. The Kier molecular flexibility index (Phi) is 4.97. The summed E-state index contributed by atoms with van der Waals surface area (Å²) in [7, 11) is 1.83. The van der Waals surface area contributed by atoms with Crippen LogP contribution in [0.4, 0.5) is 5.69 Å². The molecule has 0 radical (unpaired) electrons. The molecule has 4 nitrogen and oxygen atoms in total. The first kappa shape index (κ1) is 16.4. The van der Waals surface area contributed by atoms with Crippen molar-refractivity contribution in [1.29, 1.82) is 0 Å². The Morgan fingerprint density at radius 2 is 2.09 bits per heavy atom. The van der Waals surface area contributed by atoms with E-state index in [1.54, 1.807) is 17.0 Å². The number of rotatable bonds is 2. The third-order valence-corrected chi connectivity index (χ3v) is 5.69. The average Bonchev–Trinajstić information content (AvgIpc) is 2.55. The minimum Gasteiger partial charge on any atom is -0.339 e. The molecule has 2 aliphatic rings. The number of hydrogen-bond donors (Lipinski definition) is 1. The topological polar surface area (TPSA) is 49.4 Å². The summed E-state index contributed by atoms with van der Waals surface area (Å²) in [6.45, 7) is 0. The van der Waals surface area contributed by atoms with Crippen LogP contribution in [0.15, 0.2) is 34.1 Å². The number of nitrogens with one attached hydrogen (secondary N) is 1. The molecule has 0 bridgehead atoms. The first-order valence-electron chi connectivity index (χ1n) is 7.82. The molecule has 3 rings (SSSR count). The molecule has 1 aliphatic carbocycles. The van der Waals surface area contributed by atoms with Gasteiger partial charge in [0.15, 0.2) is 0 Å². The first-order chi connectivity index (χ1) is 11.0. The van der Waals surface area contributed by atoms with Crippen molar-refractivity contribution >= 4 is 40.9 Å². The number of nitrogens with zero attached hydrogens (tertiary/aromatic N) is 1. The van der Waals surface area contributed by atoms with Crippen LogP contribution in [-0.4, -0.2) is 29.8 Å². The van der Waals surface area contributed by atoms with Gasteiger partial charge in [-0.2, -0.15) is 0 Å². The molecule has 0 spiro atoms. The number of likely N-dealkylation sites (N-methyl/N-ethyl adjacent to an activating group) is 1. The Balaban J connectivity index is 1.75. The highest BCUT2D eigenvalue weighted by Crippen LogP contribution is 2.39. The molecular formula is C17H19ClN2O2S. The summed E-state index contributed by atoms with van der Waals surface area (Å²) in [5.74, 6) is -0.359. The maximum atomic E-state index is 12.5. The van der Waals surface area contributed by atoms with Crippen molar-refractivity contribution < 1.29 is 9.59 Å². The van der Waals surface area contributed by atoms with Crippen molar-refractivity contribution in [3.05, 3.63) is 34.2 Å². The number of amides is 2. The summed E-state index contributed by atoms with van der Waals surface area (Å²) >= 11 is 7.25. The Bertz CT molecular complexity index is 669. The van der Waals surface area contributed by atoms with E-state index in [4.69, 9.17) is 11.6 Å². The van der Waals surface area contributed by atoms with Crippen molar-refractivity contribution in [2.24, 2.45) is 0 Å². The molecule has 1 aromatic rings. The van der Waals surface area contributed by atoms with Gasteiger partial charge in [0.25, 0.3) is 5.91 Å². The highest BCUT2D eigenvalue weighted by atomic mass is 35.5. The first-order valence-corrected chi connectivity index (χ1v) is 9.01. The monoisotopic (exact) mass is 350 g/mol. The fourth-order valence-corrected chi connectivity index (χ4v) is 4.06. The smallest absolute Gasteiger partial charge is 0.262 e. The van der Waals surface area contributed by atoms with Gasteiger partial charge in [-0.1, -0.05) is 42.6 Å². The molecule has 1 N–H and O–H groups in total. The standard InChI is InChI=1S/C17H19ClN2O2S/c1-20(12-5-3-2-4-6-12)16(21)10-15-17(22)19-13-9-11(18)7-8-14(13)23-15/h7-10,12H,2-6H2,1H3,(H,19,22)/b15-10-. The molecule has 122 valence electrons. The Labute approximate surface area is 145 Å². The third kappa shape index (κ3) is 3.72. The highest BCUT2D eigenvalue weighted by molar-refractivity contribution is 8.04. The van der Waals surface area contributed by atoms with E-state index >= 15 is 0 Å². The zero-order valence-corrected chi connectivity index (χ0v) is 14.5. The second-order valence-corrected chi connectivity index (χ2v) is 7.47. The van der Waals surface area contributed by atoms with Crippen LogP contribution in [-0.2, 0) is 9.59 Å². The lowest BCUT2D eigenvalue weighted by Gasteiger charge is -2.30. The van der Waals surface area contributed by atoms with Crippen LogP contribution >= 0.6 is 23.4 Å². The maximum absolute atomic E-state index is 12.5. The van der Waals surface area contributed by atoms with Gasteiger partial charge in [-0.05, 0) is 31.0 Å². The molecule has 0 atom stereocenters. The van der Waals surface area contributed by atoms with Crippen molar-refractivity contribution in [2.75, 3.05) is 12.4 Å². The summed E-state index contributed by atoms with van der Waals surface area (Å²) in [4.78, 5) is 27.7. The van der Waals surface area contributed by atoms with Gasteiger partial charge in [0.2, 0.25) is 5.91 Å². The van der Waals surface area contributed by atoms with Gasteiger partial charge < -0.3 is 10.2 Å².